The molecule has 0 bridgehead atoms. The van der Waals surface area contributed by atoms with E-state index in [1.54, 1.807) is 18.2 Å². The average molecular weight is 281 g/mol. The summed E-state index contributed by atoms with van der Waals surface area (Å²) >= 11 is 0. The number of rotatable bonds is 2. The molecule has 104 valence electrons. The van der Waals surface area contributed by atoms with Gasteiger partial charge in [0.25, 0.3) is 10.1 Å². The lowest BCUT2D eigenvalue weighted by molar-refractivity contribution is 0.484. The van der Waals surface area contributed by atoms with Crippen molar-refractivity contribution in [1.82, 2.24) is 0 Å². The van der Waals surface area contributed by atoms with Crippen LogP contribution in [0.1, 0.15) is 13.8 Å². The van der Waals surface area contributed by atoms with Crippen LogP contribution >= 0.6 is 0 Å². The summed E-state index contributed by atoms with van der Waals surface area (Å²) in [6.07, 6.45) is 0. The number of fused-ring (bicyclic) bond motifs is 1. The second kappa shape index (κ2) is 6.04. The Morgan fingerprint density at radius 2 is 1.47 bits per heavy atom. The maximum Gasteiger partial charge on any atom is 0.295 e. The van der Waals surface area contributed by atoms with Crippen molar-refractivity contribution in [1.29, 1.82) is 0 Å². The Morgan fingerprint density at radius 3 is 2.00 bits per heavy atom. The zero-order chi connectivity index (χ0) is 14.6. The van der Waals surface area contributed by atoms with Gasteiger partial charge >= 0.3 is 0 Å². The Hall–Kier alpha value is -1.59. The maximum absolute atomic E-state index is 11.3. The molecule has 2 aromatic rings. The highest BCUT2D eigenvalue weighted by Crippen LogP contribution is 2.29. The monoisotopic (exact) mass is 281 g/mol. The molecule has 0 atom stereocenters. The molecular formula is C14H19NO3S. The van der Waals surface area contributed by atoms with Gasteiger partial charge in [0.15, 0.2) is 0 Å². The third-order valence-electron chi connectivity index (χ3n) is 2.62. The summed E-state index contributed by atoms with van der Waals surface area (Å²) in [4.78, 5) is 1.84. The molecule has 0 spiro atoms. The van der Waals surface area contributed by atoms with Gasteiger partial charge in [-0.05, 0) is 12.1 Å². The zero-order valence-corrected chi connectivity index (χ0v) is 12.4. The molecule has 0 aliphatic rings. The Bertz CT molecular complexity index is 663. The SMILES string of the molecule is CC.CN(C)c1cccc2c(S(=O)(=O)O)cccc12. The summed E-state index contributed by atoms with van der Waals surface area (Å²) in [5.41, 5.74) is 0.910. The van der Waals surface area contributed by atoms with Crippen LogP contribution in [0.3, 0.4) is 0 Å². The molecule has 0 heterocycles. The molecule has 0 aliphatic heterocycles. The number of nitrogens with zero attached hydrogens (tertiary/aromatic N) is 1. The highest BCUT2D eigenvalue weighted by molar-refractivity contribution is 7.86. The second-order valence-corrected chi connectivity index (χ2v) is 5.39. The van der Waals surface area contributed by atoms with E-state index in [0.29, 0.717) is 5.39 Å². The fourth-order valence-corrected chi connectivity index (χ4v) is 2.59. The number of benzene rings is 2. The second-order valence-electron chi connectivity index (χ2n) is 4.00. The van der Waals surface area contributed by atoms with E-state index < -0.39 is 10.1 Å². The molecule has 0 aliphatic carbocycles. The van der Waals surface area contributed by atoms with Gasteiger partial charge in [0, 0.05) is 30.6 Å². The van der Waals surface area contributed by atoms with Crippen molar-refractivity contribution in [3.05, 3.63) is 36.4 Å². The molecule has 5 heteroatoms. The largest absolute Gasteiger partial charge is 0.377 e. The van der Waals surface area contributed by atoms with E-state index in [1.807, 2.05) is 45.0 Å². The summed E-state index contributed by atoms with van der Waals surface area (Å²) in [5.74, 6) is 0. The molecular weight excluding hydrogens is 262 g/mol. The lowest BCUT2D eigenvalue weighted by Gasteiger charge is -2.16. The maximum atomic E-state index is 11.3. The first-order valence-corrected chi connectivity index (χ1v) is 7.52. The third-order valence-corrected chi connectivity index (χ3v) is 3.53. The predicted molar refractivity (Wildman–Crippen MR) is 79.4 cm³/mol. The average Bonchev–Trinajstić information content (AvgIpc) is 2.38. The van der Waals surface area contributed by atoms with Crippen molar-refractivity contribution in [2.24, 2.45) is 0 Å². The minimum Gasteiger partial charge on any atom is -0.377 e. The molecule has 2 aromatic carbocycles. The van der Waals surface area contributed by atoms with Gasteiger partial charge in [-0.1, -0.05) is 38.1 Å². The van der Waals surface area contributed by atoms with Gasteiger partial charge in [0.2, 0.25) is 0 Å². The number of hydrogen-bond donors (Lipinski definition) is 1. The smallest absolute Gasteiger partial charge is 0.295 e. The van der Waals surface area contributed by atoms with Crippen molar-refractivity contribution in [3.8, 4) is 0 Å². The minimum absolute atomic E-state index is 0.0568. The Morgan fingerprint density at radius 1 is 0.947 bits per heavy atom. The minimum atomic E-state index is -4.19. The molecule has 0 unspecified atom stereocenters. The lowest BCUT2D eigenvalue weighted by Crippen LogP contribution is -2.09. The van der Waals surface area contributed by atoms with E-state index in [-0.39, 0.29) is 4.90 Å². The van der Waals surface area contributed by atoms with Crippen LogP contribution in [0, 0.1) is 0 Å². The molecule has 19 heavy (non-hydrogen) atoms. The fourth-order valence-electron chi connectivity index (χ4n) is 1.88. The van der Waals surface area contributed by atoms with Gasteiger partial charge < -0.3 is 4.90 Å². The van der Waals surface area contributed by atoms with Gasteiger partial charge in [-0.15, -0.1) is 0 Å². The quantitative estimate of drug-likeness (QED) is 0.859. The molecule has 0 saturated heterocycles. The van der Waals surface area contributed by atoms with E-state index in [2.05, 4.69) is 0 Å². The van der Waals surface area contributed by atoms with Crippen LogP contribution in [0.25, 0.3) is 10.8 Å². The normalized spacial score (nSPS) is 10.8. The molecule has 2 rings (SSSR count). The highest BCUT2D eigenvalue weighted by atomic mass is 32.2. The molecule has 0 aromatic heterocycles. The van der Waals surface area contributed by atoms with E-state index >= 15 is 0 Å². The lowest BCUT2D eigenvalue weighted by atomic mass is 10.1. The van der Waals surface area contributed by atoms with Gasteiger partial charge in [-0.3, -0.25) is 4.55 Å². The van der Waals surface area contributed by atoms with Crippen LogP contribution in [-0.2, 0) is 10.1 Å². The fraction of sp³-hybridized carbons (Fsp3) is 0.286. The molecule has 0 saturated carbocycles. The molecule has 0 fully saturated rings. The van der Waals surface area contributed by atoms with Crippen LogP contribution in [-0.4, -0.2) is 27.1 Å². The Balaban J connectivity index is 0.000000861. The van der Waals surface area contributed by atoms with Gasteiger partial charge in [-0.2, -0.15) is 8.42 Å². The zero-order valence-electron chi connectivity index (χ0n) is 11.6. The summed E-state index contributed by atoms with van der Waals surface area (Å²) < 4.78 is 31.7. The van der Waals surface area contributed by atoms with Crippen LogP contribution < -0.4 is 4.90 Å². The summed E-state index contributed by atoms with van der Waals surface area (Å²) in [7, 11) is -0.423. The summed E-state index contributed by atoms with van der Waals surface area (Å²) in [6, 6.07) is 10.2. The summed E-state index contributed by atoms with van der Waals surface area (Å²) in [6.45, 7) is 4.00. The predicted octanol–water partition coefficient (Wildman–Crippen LogP) is 3.18. The topological polar surface area (TPSA) is 57.6 Å². The van der Waals surface area contributed by atoms with E-state index in [4.69, 9.17) is 0 Å². The van der Waals surface area contributed by atoms with Gasteiger partial charge in [-0.25, -0.2) is 0 Å². The van der Waals surface area contributed by atoms with Crippen molar-refractivity contribution < 1.29 is 13.0 Å². The van der Waals surface area contributed by atoms with Crippen LogP contribution in [0.4, 0.5) is 5.69 Å². The van der Waals surface area contributed by atoms with Gasteiger partial charge in [0.1, 0.15) is 4.90 Å². The third kappa shape index (κ3) is 3.24. The van der Waals surface area contributed by atoms with Crippen molar-refractivity contribution in [2.45, 2.75) is 18.7 Å². The van der Waals surface area contributed by atoms with Gasteiger partial charge in [0.05, 0.1) is 0 Å². The highest BCUT2D eigenvalue weighted by Gasteiger charge is 2.14. The molecule has 0 radical (unpaired) electrons. The molecule has 4 nitrogen and oxygen atoms in total. The molecule has 1 N–H and O–H groups in total. The van der Waals surface area contributed by atoms with Crippen molar-refractivity contribution in [2.75, 3.05) is 19.0 Å². The van der Waals surface area contributed by atoms with Crippen LogP contribution in [0.2, 0.25) is 0 Å². The standard InChI is InChI=1S/C12H13NO3S.C2H6/c1-13(2)11-7-3-6-10-9(11)5-4-8-12(10)17(14,15)16;1-2/h3-8H,1-2H3,(H,14,15,16);1-2H3. The Kier molecular flexibility index (Phi) is 4.91. The summed E-state index contributed by atoms with van der Waals surface area (Å²) in [5, 5.41) is 1.33. The number of anilines is 1. The first-order chi connectivity index (χ1) is 8.91. The van der Waals surface area contributed by atoms with Crippen LogP contribution in [0.15, 0.2) is 41.3 Å². The Labute approximate surface area is 114 Å². The molecule has 0 amide bonds. The van der Waals surface area contributed by atoms with E-state index in [9.17, 15) is 13.0 Å². The van der Waals surface area contributed by atoms with E-state index in [0.717, 1.165) is 11.1 Å². The van der Waals surface area contributed by atoms with E-state index in [1.165, 1.54) is 6.07 Å². The number of hydrogen-bond acceptors (Lipinski definition) is 3. The first kappa shape index (κ1) is 15.5. The van der Waals surface area contributed by atoms with Crippen molar-refractivity contribution in [3.63, 3.8) is 0 Å². The first-order valence-electron chi connectivity index (χ1n) is 6.08. The van der Waals surface area contributed by atoms with Crippen LogP contribution in [0.5, 0.6) is 0 Å². The van der Waals surface area contributed by atoms with Crippen molar-refractivity contribution >= 4 is 26.6 Å².